The number of urea groups is 1. The van der Waals surface area contributed by atoms with E-state index in [4.69, 9.17) is 5.11 Å². The molecular weight excluding hydrogens is 380 g/mol. The quantitative estimate of drug-likeness (QED) is 0.620. The van der Waals surface area contributed by atoms with Gasteiger partial charge in [-0.05, 0) is 19.4 Å². The number of amides is 5. The molecule has 0 aliphatic carbocycles. The lowest BCUT2D eigenvalue weighted by atomic mass is 9.88. The number of hydrogen-bond donors (Lipinski definition) is 3. The fourth-order valence-corrected chi connectivity index (χ4v) is 2.80. The molecular formula is C17H17F2N3O6. The van der Waals surface area contributed by atoms with Gasteiger partial charge in [0.25, 0.3) is 5.91 Å². The predicted octanol–water partition coefficient (Wildman–Crippen LogP) is 1.30. The summed E-state index contributed by atoms with van der Waals surface area (Å²) >= 11 is 0. The number of nitrogens with one attached hydrogen (secondary N) is 2. The van der Waals surface area contributed by atoms with Gasteiger partial charge >= 0.3 is 18.0 Å². The van der Waals surface area contributed by atoms with E-state index < -0.39 is 53.6 Å². The molecule has 1 aromatic carbocycles. The van der Waals surface area contributed by atoms with E-state index >= 15 is 0 Å². The molecule has 0 aromatic heterocycles. The number of benzene rings is 1. The largest absolute Gasteiger partial charge is 0.465 e. The van der Waals surface area contributed by atoms with Gasteiger partial charge in [0.2, 0.25) is 11.7 Å². The van der Waals surface area contributed by atoms with Crippen LogP contribution in [0.4, 0.5) is 18.4 Å². The van der Waals surface area contributed by atoms with Crippen molar-refractivity contribution in [1.82, 2.24) is 15.5 Å². The van der Waals surface area contributed by atoms with Gasteiger partial charge in [-0.3, -0.25) is 24.6 Å². The Morgan fingerprint density at radius 3 is 2.25 bits per heavy atom. The summed E-state index contributed by atoms with van der Waals surface area (Å²) in [6.07, 6.45) is -1.83. The highest BCUT2D eigenvalue weighted by molar-refractivity contribution is 6.27. The number of alkyl halides is 2. The van der Waals surface area contributed by atoms with Gasteiger partial charge in [-0.2, -0.15) is 8.78 Å². The van der Waals surface area contributed by atoms with E-state index in [2.05, 4.69) is 0 Å². The molecule has 1 saturated heterocycles. The first-order valence-electron chi connectivity index (χ1n) is 8.13. The van der Waals surface area contributed by atoms with Gasteiger partial charge in [0.1, 0.15) is 6.04 Å². The second kappa shape index (κ2) is 7.71. The third-order valence-corrected chi connectivity index (χ3v) is 4.07. The van der Waals surface area contributed by atoms with Crippen molar-refractivity contribution in [1.29, 1.82) is 0 Å². The highest BCUT2D eigenvalue weighted by Gasteiger charge is 2.58. The van der Waals surface area contributed by atoms with Crippen molar-refractivity contribution in [2.75, 3.05) is 0 Å². The van der Waals surface area contributed by atoms with Crippen LogP contribution in [-0.4, -0.2) is 51.7 Å². The number of nitrogens with zero attached hydrogens (tertiary/aromatic N) is 1. The van der Waals surface area contributed by atoms with Crippen LogP contribution in [0.5, 0.6) is 0 Å². The number of rotatable bonds is 6. The molecule has 0 saturated carbocycles. The SMILES string of the molecule is CC(C)N1C(=O)NC(=O)C(C(=O)C(F)(F)[C@@H](NC(=O)O)c2ccccc2)C1=O. The van der Waals surface area contributed by atoms with E-state index in [1.165, 1.54) is 32.0 Å². The summed E-state index contributed by atoms with van der Waals surface area (Å²) in [5, 5.41) is 12.2. The van der Waals surface area contributed by atoms with Crippen LogP contribution in [-0.2, 0) is 14.4 Å². The van der Waals surface area contributed by atoms with Crippen LogP contribution < -0.4 is 10.6 Å². The summed E-state index contributed by atoms with van der Waals surface area (Å²) in [4.78, 5) is 60.1. The first-order chi connectivity index (χ1) is 13.0. The lowest BCUT2D eigenvalue weighted by Crippen LogP contribution is -2.64. The summed E-state index contributed by atoms with van der Waals surface area (Å²) in [6, 6.07) is 2.25. The van der Waals surface area contributed by atoms with E-state index in [1.54, 1.807) is 10.6 Å². The molecule has 9 nitrogen and oxygen atoms in total. The number of barbiturate groups is 1. The van der Waals surface area contributed by atoms with Crippen LogP contribution in [0.15, 0.2) is 30.3 Å². The Kier molecular flexibility index (Phi) is 5.76. The maximum atomic E-state index is 15.0. The van der Waals surface area contributed by atoms with Crippen LogP contribution in [0.2, 0.25) is 0 Å². The molecule has 28 heavy (non-hydrogen) atoms. The molecule has 2 rings (SSSR count). The van der Waals surface area contributed by atoms with Gasteiger partial charge in [0.15, 0.2) is 5.92 Å². The van der Waals surface area contributed by atoms with Crippen molar-refractivity contribution >= 4 is 29.7 Å². The number of halogens is 2. The van der Waals surface area contributed by atoms with Crippen molar-refractivity contribution in [2.45, 2.75) is 31.9 Å². The number of imide groups is 2. The average Bonchev–Trinajstić information content (AvgIpc) is 2.59. The second-order valence-corrected chi connectivity index (χ2v) is 6.31. The zero-order valence-electron chi connectivity index (χ0n) is 14.8. The van der Waals surface area contributed by atoms with Gasteiger partial charge in [-0.25, -0.2) is 9.59 Å². The maximum Gasteiger partial charge on any atom is 0.405 e. The average molecular weight is 397 g/mol. The Labute approximate surface area is 157 Å². The Morgan fingerprint density at radius 2 is 1.75 bits per heavy atom. The topological polar surface area (TPSA) is 133 Å². The number of hydrogen-bond acceptors (Lipinski definition) is 5. The minimum absolute atomic E-state index is 0.247. The molecule has 1 aliphatic heterocycles. The van der Waals surface area contributed by atoms with Crippen LogP contribution in [0.25, 0.3) is 0 Å². The summed E-state index contributed by atoms with van der Waals surface area (Å²) in [5.74, 6) is -11.9. The molecule has 1 heterocycles. The third kappa shape index (κ3) is 3.82. The minimum atomic E-state index is -4.46. The molecule has 1 aliphatic rings. The number of ketones is 1. The number of carbonyl (C=O) groups excluding carboxylic acids is 4. The molecule has 0 bridgehead atoms. The predicted molar refractivity (Wildman–Crippen MR) is 89.3 cm³/mol. The molecule has 5 amide bonds. The zero-order valence-corrected chi connectivity index (χ0v) is 14.8. The smallest absolute Gasteiger partial charge is 0.405 e. The molecule has 150 valence electrons. The van der Waals surface area contributed by atoms with E-state index in [1.807, 2.05) is 0 Å². The standard InChI is InChI=1S/C17H17F2N3O6/c1-8(2)22-14(25)10(13(24)21-15(22)26)12(23)17(18,19)11(20-16(27)28)9-6-4-3-5-7-9/h3-8,10-11,20H,1-2H3,(H,27,28)(H,21,24,26)/t10?,11-/m0/s1. The van der Waals surface area contributed by atoms with Gasteiger partial charge in [0, 0.05) is 6.04 Å². The maximum absolute atomic E-state index is 15.0. The molecule has 1 unspecified atom stereocenters. The van der Waals surface area contributed by atoms with Crippen LogP contribution in [0, 0.1) is 5.92 Å². The first-order valence-corrected chi connectivity index (χ1v) is 8.13. The number of carbonyl (C=O) groups is 5. The molecule has 0 radical (unpaired) electrons. The first kappa shape index (κ1) is 20.9. The number of carboxylic acid groups (broad SMARTS) is 1. The molecule has 11 heteroatoms. The lowest BCUT2D eigenvalue weighted by molar-refractivity contribution is -0.162. The van der Waals surface area contributed by atoms with Crippen molar-refractivity contribution in [3.63, 3.8) is 0 Å². The molecule has 2 atom stereocenters. The van der Waals surface area contributed by atoms with Gasteiger partial charge in [-0.15, -0.1) is 0 Å². The Bertz CT molecular complexity index is 827. The van der Waals surface area contributed by atoms with Gasteiger partial charge in [0.05, 0.1) is 0 Å². The van der Waals surface area contributed by atoms with E-state index in [9.17, 15) is 32.8 Å². The third-order valence-electron chi connectivity index (χ3n) is 4.07. The Balaban J connectivity index is 2.45. The second-order valence-electron chi connectivity index (χ2n) is 6.31. The molecule has 1 fully saturated rings. The van der Waals surface area contributed by atoms with Crippen molar-refractivity contribution < 1.29 is 37.9 Å². The van der Waals surface area contributed by atoms with E-state index in [0.29, 0.717) is 4.90 Å². The lowest BCUT2D eigenvalue weighted by Gasteiger charge is -2.34. The summed E-state index contributed by atoms with van der Waals surface area (Å²) in [7, 11) is 0. The Morgan fingerprint density at radius 1 is 1.18 bits per heavy atom. The summed E-state index contributed by atoms with van der Waals surface area (Å²) in [6.45, 7) is 2.79. The monoisotopic (exact) mass is 397 g/mol. The zero-order chi connectivity index (χ0) is 21.2. The summed E-state index contributed by atoms with van der Waals surface area (Å²) in [5.41, 5.74) is -0.247. The highest BCUT2D eigenvalue weighted by Crippen LogP contribution is 2.35. The van der Waals surface area contributed by atoms with Crippen LogP contribution >= 0.6 is 0 Å². The molecule has 3 N–H and O–H groups in total. The fourth-order valence-electron chi connectivity index (χ4n) is 2.80. The van der Waals surface area contributed by atoms with Gasteiger partial charge < -0.3 is 10.4 Å². The summed E-state index contributed by atoms with van der Waals surface area (Å²) < 4.78 is 29.9. The number of Topliss-reactive ketones (excluding diaryl/α,β-unsaturated/α-hetero) is 1. The fraction of sp³-hybridized carbons (Fsp3) is 0.353. The van der Waals surface area contributed by atoms with Crippen molar-refractivity contribution in [3.05, 3.63) is 35.9 Å². The van der Waals surface area contributed by atoms with Crippen molar-refractivity contribution in [2.24, 2.45) is 5.92 Å². The molecule has 0 spiro atoms. The van der Waals surface area contributed by atoms with E-state index in [0.717, 1.165) is 12.1 Å². The Hall–Kier alpha value is -3.37. The highest BCUT2D eigenvalue weighted by atomic mass is 19.3. The normalized spacial score (nSPS) is 18.7. The van der Waals surface area contributed by atoms with Crippen LogP contribution in [0.1, 0.15) is 25.5 Å². The minimum Gasteiger partial charge on any atom is -0.465 e. The van der Waals surface area contributed by atoms with Crippen LogP contribution in [0.3, 0.4) is 0 Å². The van der Waals surface area contributed by atoms with Crippen molar-refractivity contribution in [3.8, 4) is 0 Å². The molecule has 1 aromatic rings. The van der Waals surface area contributed by atoms with Gasteiger partial charge in [-0.1, -0.05) is 30.3 Å². The van der Waals surface area contributed by atoms with E-state index in [-0.39, 0.29) is 5.56 Å².